The zero-order chi connectivity index (χ0) is 30.9. The highest BCUT2D eigenvalue weighted by Gasteiger charge is 2.52. The smallest absolute Gasteiger partial charge is 0.416 e. The van der Waals surface area contributed by atoms with E-state index in [1.165, 1.54) is 18.1 Å². The molecule has 2 aromatic rings. The third kappa shape index (κ3) is 5.96. The summed E-state index contributed by atoms with van der Waals surface area (Å²) in [5, 5.41) is 33.7. The minimum Gasteiger partial charge on any atom is -0.493 e. The van der Waals surface area contributed by atoms with Gasteiger partial charge in [0.1, 0.15) is 12.2 Å². The van der Waals surface area contributed by atoms with E-state index in [2.05, 4.69) is 5.32 Å². The quantitative estimate of drug-likeness (QED) is 0.364. The minimum atomic E-state index is -4.56. The molecule has 2 aromatic carbocycles. The van der Waals surface area contributed by atoms with Gasteiger partial charge in [-0.25, -0.2) is 0 Å². The maximum Gasteiger partial charge on any atom is 0.416 e. The zero-order valence-electron chi connectivity index (χ0n) is 23.6. The van der Waals surface area contributed by atoms with E-state index >= 15 is 0 Å². The molecule has 1 saturated carbocycles. The Morgan fingerprint density at radius 1 is 1.09 bits per heavy atom. The lowest BCUT2D eigenvalue weighted by Crippen LogP contribution is -2.58. The highest BCUT2D eigenvalue weighted by Crippen LogP contribution is 2.52. The van der Waals surface area contributed by atoms with E-state index in [1.54, 1.807) is 12.1 Å². The number of ether oxygens (including phenoxy) is 2. The third-order valence-corrected chi connectivity index (χ3v) is 8.48. The van der Waals surface area contributed by atoms with E-state index < -0.39 is 47.7 Å². The summed E-state index contributed by atoms with van der Waals surface area (Å²) in [4.78, 5) is 29.1. The molecule has 1 heterocycles. The first kappa shape index (κ1) is 30.8. The monoisotopic (exact) mass is 604 g/mol. The molecule has 0 radical (unpaired) electrons. The molecule has 12 heteroatoms. The van der Waals surface area contributed by atoms with Crippen molar-refractivity contribution in [2.45, 2.75) is 75.1 Å². The van der Waals surface area contributed by atoms with Crippen molar-refractivity contribution >= 4 is 11.8 Å². The molecule has 0 spiro atoms. The highest BCUT2D eigenvalue weighted by atomic mass is 19.4. The number of hydrogen-bond donors (Lipinski definition) is 4. The molecule has 4 unspecified atom stereocenters. The molecular formula is C31H35F3N2O7. The molecular weight excluding hydrogens is 569 g/mol. The Balaban J connectivity index is 1.60. The van der Waals surface area contributed by atoms with Crippen LogP contribution in [0.5, 0.6) is 11.5 Å². The second-order valence-corrected chi connectivity index (χ2v) is 11.1. The van der Waals surface area contributed by atoms with E-state index in [4.69, 9.17) is 9.47 Å². The van der Waals surface area contributed by atoms with Crippen LogP contribution in [0.1, 0.15) is 65.1 Å². The maximum atomic E-state index is 14.1. The van der Waals surface area contributed by atoms with E-state index in [9.17, 15) is 38.1 Å². The predicted octanol–water partition coefficient (Wildman–Crippen LogP) is 3.30. The number of aliphatic hydroxyl groups is 3. The zero-order valence-corrected chi connectivity index (χ0v) is 23.6. The number of carbonyl (C=O) groups excluding carboxylic acids is 2. The molecule has 1 fully saturated rings. The molecule has 9 nitrogen and oxygen atoms in total. The molecule has 3 aliphatic rings. The maximum absolute atomic E-state index is 14.1. The topological polar surface area (TPSA) is 129 Å². The third-order valence-electron chi connectivity index (χ3n) is 8.48. The number of rotatable bonds is 8. The van der Waals surface area contributed by atoms with Gasteiger partial charge in [0.05, 0.1) is 37.8 Å². The summed E-state index contributed by atoms with van der Waals surface area (Å²) in [5.41, 5.74) is 0.371. The van der Waals surface area contributed by atoms with Crippen LogP contribution in [0, 0.1) is 0 Å². The summed E-state index contributed by atoms with van der Waals surface area (Å²) in [6, 6.07) is 5.84. The number of fused-ring (bicyclic) bond motifs is 3. The van der Waals surface area contributed by atoms with Crippen molar-refractivity contribution in [2.24, 2.45) is 0 Å². The van der Waals surface area contributed by atoms with E-state index in [0.717, 1.165) is 43.5 Å². The van der Waals surface area contributed by atoms with Gasteiger partial charge < -0.3 is 35.0 Å². The van der Waals surface area contributed by atoms with Gasteiger partial charge in [-0.05, 0) is 60.9 Å². The summed E-state index contributed by atoms with van der Waals surface area (Å²) in [5.74, 6) is -1.27. The van der Waals surface area contributed by atoms with Gasteiger partial charge in [-0.2, -0.15) is 13.2 Å². The van der Waals surface area contributed by atoms with Crippen molar-refractivity contribution in [3.05, 3.63) is 70.3 Å². The standard InChI is InChI=1S/C31H35F3N2O7/c1-42-24-14-17(16-38)13-21-25-22(29(40)35-11-12-37)15-23(26(39)28(25)43-27(21)24)36(20-5-3-2-4-6-20)30(41)18-7-9-19(10-8-18)31(32,33)34/h7-10,13-15,20,23,25-26,28,37-39H,2-6,11-12,16H2,1H3,(H,35,40). The lowest BCUT2D eigenvalue weighted by Gasteiger charge is -2.45. The Hall–Kier alpha value is -3.61. The molecule has 43 heavy (non-hydrogen) atoms. The summed E-state index contributed by atoms with van der Waals surface area (Å²) in [6.45, 7) is -0.653. The van der Waals surface area contributed by atoms with Crippen LogP contribution in [0.2, 0.25) is 0 Å². The average Bonchev–Trinajstić information content (AvgIpc) is 3.40. The Morgan fingerprint density at radius 3 is 2.40 bits per heavy atom. The Kier molecular flexibility index (Phi) is 9.00. The molecule has 232 valence electrons. The van der Waals surface area contributed by atoms with E-state index in [0.29, 0.717) is 35.5 Å². The summed E-state index contributed by atoms with van der Waals surface area (Å²) < 4.78 is 51.4. The normalized spacial score (nSPS) is 23.5. The Labute approximate surface area is 246 Å². The Bertz CT molecular complexity index is 1370. The fraction of sp³-hybridized carbons (Fsp3) is 0.484. The molecule has 4 atom stereocenters. The number of benzene rings is 2. The van der Waals surface area contributed by atoms with Crippen LogP contribution in [0.4, 0.5) is 13.2 Å². The van der Waals surface area contributed by atoms with Crippen molar-refractivity contribution < 1.29 is 47.6 Å². The van der Waals surface area contributed by atoms with E-state index in [-0.39, 0.29) is 36.9 Å². The van der Waals surface area contributed by atoms with Crippen molar-refractivity contribution in [1.82, 2.24) is 10.2 Å². The predicted molar refractivity (Wildman–Crippen MR) is 149 cm³/mol. The number of halogens is 3. The molecule has 0 saturated heterocycles. The van der Waals surface area contributed by atoms with Crippen LogP contribution < -0.4 is 14.8 Å². The fourth-order valence-electron chi connectivity index (χ4n) is 6.44. The van der Waals surface area contributed by atoms with Crippen molar-refractivity contribution in [3.8, 4) is 11.5 Å². The Morgan fingerprint density at radius 2 is 1.79 bits per heavy atom. The van der Waals surface area contributed by atoms with Crippen LogP contribution in [0.15, 0.2) is 48.0 Å². The molecule has 2 aliphatic carbocycles. The van der Waals surface area contributed by atoms with Gasteiger partial charge in [-0.1, -0.05) is 19.3 Å². The van der Waals surface area contributed by atoms with Gasteiger partial charge in [0.15, 0.2) is 11.5 Å². The van der Waals surface area contributed by atoms with Gasteiger partial charge in [0.25, 0.3) is 5.91 Å². The number of nitrogens with one attached hydrogen (secondary N) is 1. The summed E-state index contributed by atoms with van der Waals surface area (Å²) >= 11 is 0. The second kappa shape index (κ2) is 12.6. The number of amides is 2. The highest BCUT2D eigenvalue weighted by molar-refractivity contribution is 5.97. The van der Waals surface area contributed by atoms with Crippen molar-refractivity contribution in [2.75, 3.05) is 20.3 Å². The lowest BCUT2D eigenvalue weighted by atomic mass is 9.76. The van der Waals surface area contributed by atoms with Crippen LogP contribution in [0.25, 0.3) is 0 Å². The summed E-state index contributed by atoms with van der Waals surface area (Å²) in [6.07, 6.45) is -1.51. The number of nitrogens with zero attached hydrogens (tertiary/aromatic N) is 1. The van der Waals surface area contributed by atoms with Gasteiger partial charge in [0, 0.05) is 29.3 Å². The van der Waals surface area contributed by atoms with Crippen LogP contribution in [-0.4, -0.2) is 76.6 Å². The number of carbonyl (C=O) groups is 2. The van der Waals surface area contributed by atoms with Gasteiger partial charge in [0.2, 0.25) is 5.91 Å². The fourth-order valence-corrected chi connectivity index (χ4v) is 6.44. The molecule has 4 N–H and O–H groups in total. The lowest BCUT2D eigenvalue weighted by molar-refractivity contribution is -0.137. The first-order valence-corrected chi connectivity index (χ1v) is 14.4. The largest absolute Gasteiger partial charge is 0.493 e. The van der Waals surface area contributed by atoms with E-state index in [1.807, 2.05) is 0 Å². The summed E-state index contributed by atoms with van der Waals surface area (Å²) in [7, 11) is 1.43. The average molecular weight is 605 g/mol. The number of hydrogen-bond acceptors (Lipinski definition) is 7. The number of aliphatic hydroxyl groups excluding tert-OH is 3. The van der Waals surface area contributed by atoms with Crippen LogP contribution >= 0.6 is 0 Å². The molecule has 1 aliphatic heterocycles. The van der Waals surface area contributed by atoms with Gasteiger partial charge in [-0.3, -0.25) is 9.59 Å². The van der Waals surface area contributed by atoms with Gasteiger partial charge >= 0.3 is 6.18 Å². The first-order chi connectivity index (χ1) is 20.6. The molecule has 0 bridgehead atoms. The molecule has 0 aromatic heterocycles. The first-order valence-electron chi connectivity index (χ1n) is 14.4. The van der Waals surface area contributed by atoms with Crippen LogP contribution in [-0.2, 0) is 17.6 Å². The molecule has 5 rings (SSSR count). The SMILES string of the molecule is COc1cc(CO)cc2c1OC1C2C(C(=O)NCCO)=CC(N(C(=O)c2ccc(C(F)(F)F)cc2)C2CCCCC2)C1O. The number of alkyl halides is 3. The molecule has 2 amide bonds. The minimum absolute atomic E-state index is 0.0254. The second-order valence-electron chi connectivity index (χ2n) is 11.1. The van der Waals surface area contributed by atoms with Gasteiger partial charge in [-0.15, -0.1) is 0 Å². The van der Waals surface area contributed by atoms with Crippen LogP contribution in [0.3, 0.4) is 0 Å². The van der Waals surface area contributed by atoms with Crippen molar-refractivity contribution in [1.29, 1.82) is 0 Å². The van der Waals surface area contributed by atoms with Crippen molar-refractivity contribution in [3.63, 3.8) is 0 Å². The number of methoxy groups -OCH3 is 1.